The van der Waals surface area contributed by atoms with Crippen LogP contribution in [0.2, 0.25) is 0 Å². The smallest absolute Gasteiger partial charge is 0.383 e. The van der Waals surface area contributed by atoms with E-state index in [2.05, 4.69) is 0 Å². The Hall–Kier alpha value is -2.10. The van der Waals surface area contributed by atoms with Gasteiger partial charge < -0.3 is 15.6 Å². The Morgan fingerprint density at radius 1 is 0.900 bits per heavy atom. The Balaban J connectivity index is 2.26. The molecule has 3 nitrogen and oxygen atoms in total. The number of alkyl halides is 6. The van der Waals surface area contributed by atoms with E-state index in [1.54, 1.807) is 19.1 Å². The maximum atomic E-state index is 13.0. The molecule has 0 aliphatic carbocycles. The normalized spacial score (nSPS) is 14.6. The lowest BCUT2D eigenvalue weighted by Gasteiger charge is -2.30. The lowest BCUT2D eigenvalue weighted by atomic mass is 9.87. The van der Waals surface area contributed by atoms with Crippen molar-refractivity contribution in [2.24, 2.45) is 5.73 Å². The van der Waals surface area contributed by atoms with Crippen molar-refractivity contribution in [2.75, 3.05) is 13.2 Å². The SMILES string of the molecule is Cc1ccc(C(O)(CCN)COCc2cc(C(F)(F)F)cc(C(F)(F)F)c2)c(C)c1. The zero-order chi connectivity index (χ0) is 22.7. The number of hydrogen-bond acceptors (Lipinski definition) is 3. The first-order chi connectivity index (χ1) is 13.8. The van der Waals surface area contributed by atoms with Crippen molar-refractivity contribution in [2.45, 2.75) is 44.8 Å². The van der Waals surface area contributed by atoms with Crippen LogP contribution in [-0.2, 0) is 29.3 Å². The van der Waals surface area contributed by atoms with Crippen molar-refractivity contribution in [1.82, 2.24) is 0 Å². The summed E-state index contributed by atoms with van der Waals surface area (Å²) in [7, 11) is 0. The van der Waals surface area contributed by atoms with E-state index >= 15 is 0 Å². The number of halogens is 6. The molecule has 0 spiro atoms. The molecular formula is C21H23F6NO2. The molecule has 3 N–H and O–H groups in total. The molecule has 1 atom stereocenters. The van der Waals surface area contributed by atoms with Gasteiger partial charge in [0.2, 0.25) is 0 Å². The Labute approximate surface area is 170 Å². The fraction of sp³-hybridized carbons (Fsp3) is 0.429. The summed E-state index contributed by atoms with van der Waals surface area (Å²) < 4.78 is 83.3. The van der Waals surface area contributed by atoms with Crippen LogP contribution in [0.25, 0.3) is 0 Å². The summed E-state index contributed by atoms with van der Waals surface area (Å²) in [5.74, 6) is 0. The highest BCUT2D eigenvalue weighted by Crippen LogP contribution is 2.36. The predicted molar refractivity (Wildman–Crippen MR) is 99.6 cm³/mol. The van der Waals surface area contributed by atoms with E-state index in [0.717, 1.165) is 11.1 Å². The third kappa shape index (κ3) is 5.96. The largest absolute Gasteiger partial charge is 0.416 e. The second-order valence-corrected chi connectivity index (χ2v) is 7.30. The monoisotopic (exact) mass is 435 g/mol. The summed E-state index contributed by atoms with van der Waals surface area (Å²) in [5.41, 5.74) is 3.21. The summed E-state index contributed by atoms with van der Waals surface area (Å²) in [5, 5.41) is 11.0. The summed E-state index contributed by atoms with van der Waals surface area (Å²) >= 11 is 0. The van der Waals surface area contributed by atoms with Crippen LogP contribution >= 0.6 is 0 Å². The molecule has 166 valence electrons. The molecule has 0 saturated heterocycles. The van der Waals surface area contributed by atoms with E-state index in [0.29, 0.717) is 17.7 Å². The Morgan fingerprint density at radius 3 is 1.93 bits per heavy atom. The highest BCUT2D eigenvalue weighted by Gasteiger charge is 2.37. The Bertz CT molecular complexity index is 847. The fourth-order valence-corrected chi connectivity index (χ4v) is 3.30. The fourth-order valence-electron chi connectivity index (χ4n) is 3.30. The maximum Gasteiger partial charge on any atom is 0.416 e. The third-order valence-electron chi connectivity index (χ3n) is 4.70. The van der Waals surface area contributed by atoms with Crippen LogP contribution in [0.15, 0.2) is 36.4 Å². The van der Waals surface area contributed by atoms with Gasteiger partial charge in [-0.15, -0.1) is 0 Å². The van der Waals surface area contributed by atoms with Crippen LogP contribution < -0.4 is 5.73 Å². The molecule has 0 amide bonds. The van der Waals surface area contributed by atoms with E-state index < -0.39 is 35.7 Å². The Morgan fingerprint density at radius 2 is 1.47 bits per heavy atom. The van der Waals surface area contributed by atoms with Gasteiger partial charge >= 0.3 is 12.4 Å². The van der Waals surface area contributed by atoms with Crippen LogP contribution in [0.4, 0.5) is 26.3 Å². The molecule has 0 aromatic heterocycles. The summed E-state index contributed by atoms with van der Waals surface area (Å²) in [6.07, 6.45) is -9.77. The molecule has 0 radical (unpaired) electrons. The van der Waals surface area contributed by atoms with Crippen molar-refractivity contribution < 1.29 is 36.2 Å². The van der Waals surface area contributed by atoms with Crippen LogP contribution in [0.3, 0.4) is 0 Å². The van der Waals surface area contributed by atoms with Crippen LogP contribution in [-0.4, -0.2) is 18.3 Å². The Kier molecular flexibility index (Phi) is 7.21. The van der Waals surface area contributed by atoms with Gasteiger partial charge in [-0.1, -0.05) is 23.8 Å². The predicted octanol–water partition coefficient (Wildman–Crippen LogP) is 5.09. The molecule has 0 saturated carbocycles. The molecule has 0 heterocycles. The van der Waals surface area contributed by atoms with Gasteiger partial charge in [-0.25, -0.2) is 0 Å². The summed E-state index contributed by atoms with van der Waals surface area (Å²) in [4.78, 5) is 0. The lowest BCUT2D eigenvalue weighted by Crippen LogP contribution is -2.35. The van der Waals surface area contributed by atoms with Crippen LogP contribution in [0.1, 0.15) is 39.8 Å². The zero-order valence-electron chi connectivity index (χ0n) is 16.5. The summed E-state index contributed by atoms with van der Waals surface area (Å²) in [6.45, 7) is 2.89. The number of aliphatic hydroxyl groups is 1. The van der Waals surface area contributed by atoms with E-state index in [9.17, 15) is 31.4 Å². The number of rotatable bonds is 7. The number of aryl methyl sites for hydroxylation is 2. The molecule has 1 unspecified atom stereocenters. The van der Waals surface area contributed by atoms with Crippen molar-refractivity contribution in [1.29, 1.82) is 0 Å². The first kappa shape index (κ1) is 24.2. The van der Waals surface area contributed by atoms with Crippen molar-refractivity contribution in [3.05, 3.63) is 69.8 Å². The molecule has 2 aromatic carbocycles. The van der Waals surface area contributed by atoms with Gasteiger partial charge in [0.05, 0.1) is 24.3 Å². The van der Waals surface area contributed by atoms with Crippen LogP contribution in [0, 0.1) is 13.8 Å². The van der Waals surface area contributed by atoms with E-state index in [1.165, 1.54) is 0 Å². The van der Waals surface area contributed by atoms with Gasteiger partial charge in [0.25, 0.3) is 0 Å². The highest BCUT2D eigenvalue weighted by molar-refractivity contribution is 5.35. The van der Waals surface area contributed by atoms with Gasteiger partial charge in [0.15, 0.2) is 0 Å². The van der Waals surface area contributed by atoms with E-state index in [-0.39, 0.29) is 31.2 Å². The quantitative estimate of drug-likeness (QED) is 0.596. The number of hydrogen-bond donors (Lipinski definition) is 2. The molecule has 30 heavy (non-hydrogen) atoms. The molecule has 0 aliphatic heterocycles. The topological polar surface area (TPSA) is 55.5 Å². The molecule has 9 heteroatoms. The van der Waals surface area contributed by atoms with Gasteiger partial charge in [-0.05, 0) is 61.7 Å². The van der Waals surface area contributed by atoms with E-state index in [4.69, 9.17) is 10.5 Å². The minimum Gasteiger partial charge on any atom is -0.383 e. The lowest BCUT2D eigenvalue weighted by molar-refractivity contribution is -0.143. The number of benzene rings is 2. The minimum absolute atomic E-state index is 0.0594. The third-order valence-corrected chi connectivity index (χ3v) is 4.70. The molecular weight excluding hydrogens is 412 g/mol. The second-order valence-electron chi connectivity index (χ2n) is 7.30. The zero-order valence-corrected chi connectivity index (χ0v) is 16.5. The summed E-state index contributed by atoms with van der Waals surface area (Å²) in [6, 6.07) is 6.60. The van der Waals surface area contributed by atoms with Gasteiger partial charge in [0.1, 0.15) is 5.60 Å². The second kappa shape index (κ2) is 8.95. The minimum atomic E-state index is -4.94. The average molecular weight is 435 g/mol. The van der Waals surface area contributed by atoms with Crippen LogP contribution in [0.5, 0.6) is 0 Å². The molecule has 0 bridgehead atoms. The van der Waals surface area contributed by atoms with Crippen molar-refractivity contribution in [3.63, 3.8) is 0 Å². The first-order valence-electron chi connectivity index (χ1n) is 9.12. The highest BCUT2D eigenvalue weighted by atomic mass is 19.4. The van der Waals surface area contributed by atoms with Crippen molar-refractivity contribution in [3.8, 4) is 0 Å². The van der Waals surface area contributed by atoms with Gasteiger partial charge in [0, 0.05) is 0 Å². The maximum absolute atomic E-state index is 13.0. The average Bonchev–Trinajstić information content (AvgIpc) is 2.60. The molecule has 2 rings (SSSR count). The van der Waals surface area contributed by atoms with Gasteiger partial charge in [-0.3, -0.25) is 0 Å². The first-order valence-corrected chi connectivity index (χ1v) is 9.12. The van der Waals surface area contributed by atoms with Gasteiger partial charge in [-0.2, -0.15) is 26.3 Å². The molecule has 0 aliphatic rings. The molecule has 0 fully saturated rings. The molecule has 2 aromatic rings. The number of ether oxygens (including phenoxy) is 1. The standard InChI is InChI=1S/C21H23F6NO2/c1-13-3-4-18(14(2)7-13)19(29,5-6-28)12-30-11-15-8-16(20(22,23)24)10-17(9-15)21(25,26)27/h3-4,7-10,29H,5-6,11-12,28H2,1-2H3. The van der Waals surface area contributed by atoms with Crippen molar-refractivity contribution >= 4 is 0 Å². The van der Waals surface area contributed by atoms with E-state index in [1.807, 2.05) is 13.0 Å². The number of nitrogens with two attached hydrogens (primary N) is 1.